The van der Waals surface area contributed by atoms with Crippen LogP contribution in [0.4, 0.5) is 0 Å². The van der Waals surface area contributed by atoms with Crippen molar-refractivity contribution in [1.29, 1.82) is 0 Å². The maximum absolute atomic E-state index is 11.4. The van der Waals surface area contributed by atoms with Gasteiger partial charge in [0, 0.05) is 20.5 Å². The average Bonchev–Trinajstić information content (AvgIpc) is 2.67. The van der Waals surface area contributed by atoms with E-state index in [0.29, 0.717) is 11.1 Å². The topological polar surface area (TPSA) is 83.4 Å². The third-order valence-corrected chi connectivity index (χ3v) is 2.55. The third-order valence-electron chi connectivity index (χ3n) is 2.55. The number of oxazole rings is 1. The highest BCUT2D eigenvalue weighted by atomic mass is 16.4. The van der Waals surface area contributed by atoms with E-state index in [1.54, 1.807) is 25.2 Å². The van der Waals surface area contributed by atoms with E-state index < -0.39 is 17.4 Å². The third kappa shape index (κ3) is 2.32. The van der Waals surface area contributed by atoms with E-state index >= 15 is 0 Å². The molecule has 2 rings (SSSR count). The van der Waals surface area contributed by atoms with Gasteiger partial charge in [-0.25, -0.2) is 4.79 Å². The fourth-order valence-electron chi connectivity index (χ4n) is 1.70. The van der Waals surface area contributed by atoms with Crippen LogP contribution in [0.5, 0.6) is 0 Å². The molecule has 0 aliphatic heterocycles. The van der Waals surface area contributed by atoms with Crippen molar-refractivity contribution in [2.75, 3.05) is 7.05 Å². The molecule has 0 aliphatic rings. The molecule has 0 aliphatic carbocycles. The largest absolute Gasteiger partial charge is 0.417 e. The number of Topliss-reactive ketones (excluding diaryl/α,β-unsaturated/α-hetero) is 1. The summed E-state index contributed by atoms with van der Waals surface area (Å²) in [6.45, 7) is 1.51. The van der Waals surface area contributed by atoms with Crippen molar-refractivity contribution in [2.24, 2.45) is 0 Å². The zero-order valence-electron chi connectivity index (χ0n) is 10.0. The molecule has 2 aromatic rings. The Hall–Kier alpha value is -2.37. The van der Waals surface area contributed by atoms with E-state index in [-0.39, 0.29) is 6.54 Å². The molecule has 0 saturated heterocycles. The van der Waals surface area contributed by atoms with Crippen LogP contribution in [0.25, 0.3) is 11.1 Å². The first-order chi connectivity index (χ1) is 8.47. The van der Waals surface area contributed by atoms with E-state index in [0.717, 1.165) is 5.56 Å². The number of H-pyrrole nitrogens is 1. The number of rotatable bonds is 3. The lowest BCUT2D eigenvalue weighted by atomic mass is 10.2. The van der Waals surface area contributed by atoms with E-state index in [2.05, 4.69) is 4.98 Å². The lowest BCUT2D eigenvalue weighted by Crippen LogP contribution is -2.31. The number of hydrogen-bond acceptors (Lipinski definition) is 4. The van der Waals surface area contributed by atoms with E-state index in [4.69, 9.17) is 4.42 Å². The van der Waals surface area contributed by atoms with Crippen molar-refractivity contribution in [3.05, 3.63) is 34.3 Å². The molecule has 1 aromatic heterocycles. The molecular weight excluding hydrogens is 236 g/mol. The molecular formula is C12H12N2O4. The van der Waals surface area contributed by atoms with Crippen LogP contribution in [0.15, 0.2) is 27.4 Å². The first-order valence-electron chi connectivity index (χ1n) is 5.35. The van der Waals surface area contributed by atoms with Gasteiger partial charge in [-0.3, -0.25) is 14.6 Å². The van der Waals surface area contributed by atoms with Gasteiger partial charge in [-0.2, -0.15) is 0 Å². The monoisotopic (exact) mass is 248 g/mol. The van der Waals surface area contributed by atoms with Gasteiger partial charge >= 0.3 is 5.76 Å². The molecule has 0 spiro atoms. The number of amides is 1. The number of carbonyl (C=O) groups is 2. The summed E-state index contributed by atoms with van der Waals surface area (Å²) < 4.78 is 4.92. The van der Waals surface area contributed by atoms with Crippen LogP contribution >= 0.6 is 0 Å². The Labute approximate surface area is 102 Å². The number of likely N-dealkylation sites (N-methyl/N-ethyl adjacent to an activating group) is 1. The lowest BCUT2D eigenvalue weighted by Gasteiger charge is -2.15. The molecule has 0 unspecified atom stereocenters. The molecule has 1 N–H and O–H groups in total. The van der Waals surface area contributed by atoms with Gasteiger partial charge in [0.05, 0.1) is 5.52 Å². The highest BCUT2D eigenvalue weighted by molar-refractivity contribution is 6.34. The standard InChI is InChI=1S/C12H12N2O4/c1-7(15)11(16)14(2)6-8-3-4-9-10(5-8)18-12(17)13-9/h3-5H,6H2,1-2H3,(H,13,17). The second-order valence-corrected chi connectivity index (χ2v) is 4.06. The molecule has 0 saturated carbocycles. The number of ketones is 1. The van der Waals surface area contributed by atoms with Crippen molar-refractivity contribution in [3.8, 4) is 0 Å². The van der Waals surface area contributed by atoms with Crippen LogP contribution in [0.1, 0.15) is 12.5 Å². The molecule has 1 amide bonds. The maximum atomic E-state index is 11.4. The van der Waals surface area contributed by atoms with Crippen LogP contribution in [-0.2, 0) is 16.1 Å². The molecule has 6 nitrogen and oxygen atoms in total. The first-order valence-corrected chi connectivity index (χ1v) is 5.35. The Morgan fingerprint density at radius 1 is 1.39 bits per heavy atom. The fourth-order valence-corrected chi connectivity index (χ4v) is 1.70. The van der Waals surface area contributed by atoms with Crippen molar-refractivity contribution in [2.45, 2.75) is 13.5 Å². The number of nitrogens with one attached hydrogen (secondary N) is 1. The van der Waals surface area contributed by atoms with Gasteiger partial charge in [-0.15, -0.1) is 0 Å². The summed E-state index contributed by atoms with van der Waals surface area (Å²) in [5.74, 6) is -1.58. The Kier molecular flexibility index (Phi) is 3.01. The highest BCUT2D eigenvalue weighted by Crippen LogP contribution is 2.13. The van der Waals surface area contributed by atoms with E-state index in [1.165, 1.54) is 11.8 Å². The van der Waals surface area contributed by atoms with E-state index in [1.807, 2.05) is 0 Å². The minimum atomic E-state index is -0.550. The smallest absolute Gasteiger partial charge is 0.408 e. The first kappa shape index (κ1) is 12.1. The van der Waals surface area contributed by atoms with E-state index in [9.17, 15) is 14.4 Å². The number of hydrogen-bond donors (Lipinski definition) is 1. The molecule has 0 fully saturated rings. The highest BCUT2D eigenvalue weighted by Gasteiger charge is 2.14. The molecule has 0 radical (unpaired) electrons. The van der Waals surface area contributed by atoms with Crippen LogP contribution in [0.2, 0.25) is 0 Å². The number of aromatic nitrogens is 1. The molecule has 6 heteroatoms. The Balaban J connectivity index is 2.24. The summed E-state index contributed by atoms with van der Waals surface area (Å²) >= 11 is 0. The average molecular weight is 248 g/mol. The fraction of sp³-hybridized carbons (Fsp3) is 0.250. The minimum absolute atomic E-state index is 0.281. The van der Waals surface area contributed by atoms with Crippen LogP contribution in [-0.4, -0.2) is 28.6 Å². The number of nitrogens with zero attached hydrogens (tertiary/aromatic N) is 1. The minimum Gasteiger partial charge on any atom is -0.408 e. The predicted octanol–water partition coefficient (Wildman–Crippen LogP) is 0.669. The van der Waals surface area contributed by atoms with Gasteiger partial charge in [0.15, 0.2) is 5.58 Å². The summed E-state index contributed by atoms with van der Waals surface area (Å²) in [5.41, 5.74) is 1.81. The molecule has 18 heavy (non-hydrogen) atoms. The summed E-state index contributed by atoms with van der Waals surface area (Å²) in [5, 5.41) is 0. The Bertz CT molecular complexity index is 668. The summed E-state index contributed by atoms with van der Waals surface area (Å²) in [6, 6.07) is 5.12. The van der Waals surface area contributed by atoms with Crippen molar-refractivity contribution >= 4 is 22.8 Å². The molecule has 94 valence electrons. The summed E-state index contributed by atoms with van der Waals surface area (Å²) in [7, 11) is 1.54. The maximum Gasteiger partial charge on any atom is 0.417 e. The number of carbonyl (C=O) groups excluding carboxylic acids is 2. The van der Waals surface area contributed by atoms with Crippen LogP contribution in [0, 0.1) is 0 Å². The van der Waals surface area contributed by atoms with Crippen molar-refractivity contribution in [3.63, 3.8) is 0 Å². The zero-order valence-corrected chi connectivity index (χ0v) is 10.0. The molecule has 0 atom stereocenters. The van der Waals surface area contributed by atoms with Gasteiger partial charge in [0.2, 0.25) is 5.78 Å². The van der Waals surface area contributed by atoms with Crippen molar-refractivity contribution in [1.82, 2.24) is 9.88 Å². The molecule has 0 bridgehead atoms. The van der Waals surface area contributed by atoms with Gasteiger partial charge in [0.25, 0.3) is 5.91 Å². The van der Waals surface area contributed by atoms with Crippen molar-refractivity contribution < 1.29 is 14.0 Å². The number of aromatic amines is 1. The molecule has 1 aromatic carbocycles. The number of benzene rings is 1. The zero-order chi connectivity index (χ0) is 13.3. The second-order valence-electron chi connectivity index (χ2n) is 4.06. The van der Waals surface area contributed by atoms with Crippen LogP contribution < -0.4 is 5.76 Å². The summed E-state index contributed by atoms with van der Waals surface area (Å²) in [4.78, 5) is 37.2. The predicted molar refractivity (Wildman–Crippen MR) is 64.0 cm³/mol. The molecule has 1 heterocycles. The second kappa shape index (κ2) is 4.48. The quantitative estimate of drug-likeness (QED) is 0.809. The van der Waals surface area contributed by atoms with Crippen LogP contribution in [0.3, 0.4) is 0 Å². The Morgan fingerprint density at radius 2 is 2.11 bits per heavy atom. The van der Waals surface area contributed by atoms with Gasteiger partial charge < -0.3 is 9.32 Å². The normalized spacial score (nSPS) is 10.6. The van der Waals surface area contributed by atoms with Gasteiger partial charge in [0.1, 0.15) is 0 Å². The Morgan fingerprint density at radius 3 is 2.78 bits per heavy atom. The SMILES string of the molecule is CC(=O)C(=O)N(C)Cc1ccc2[nH]c(=O)oc2c1. The lowest BCUT2D eigenvalue weighted by molar-refractivity contribution is -0.143. The number of fused-ring (bicyclic) bond motifs is 1. The van der Waals surface area contributed by atoms with Gasteiger partial charge in [-0.05, 0) is 17.7 Å². The van der Waals surface area contributed by atoms with Gasteiger partial charge in [-0.1, -0.05) is 6.07 Å². The summed E-state index contributed by atoms with van der Waals surface area (Å²) in [6.07, 6.45) is 0.